The summed E-state index contributed by atoms with van der Waals surface area (Å²) in [6.07, 6.45) is 4.92. The molecule has 0 aliphatic carbocycles. The molecule has 1 atom stereocenters. The van der Waals surface area contributed by atoms with Crippen LogP contribution in [0.2, 0.25) is 0 Å². The third kappa shape index (κ3) is 2.45. The van der Waals surface area contributed by atoms with Crippen LogP contribution >= 0.6 is 12.6 Å². The zero-order chi connectivity index (χ0) is 9.10. The van der Waals surface area contributed by atoms with Crippen molar-refractivity contribution in [3.05, 3.63) is 30.1 Å². The minimum absolute atomic E-state index is 0.571. The van der Waals surface area contributed by atoms with Crippen molar-refractivity contribution < 1.29 is 0 Å². The molecule has 0 aromatic carbocycles. The quantitative estimate of drug-likeness (QED) is 0.720. The first-order valence-electron chi connectivity index (χ1n) is 4.64. The van der Waals surface area contributed by atoms with Gasteiger partial charge < -0.3 is 0 Å². The highest BCUT2D eigenvalue weighted by Crippen LogP contribution is 2.16. The highest BCUT2D eigenvalue weighted by atomic mass is 32.1. The zero-order valence-electron chi connectivity index (χ0n) is 7.56. The fourth-order valence-electron chi connectivity index (χ4n) is 1.70. The average molecular weight is 194 g/mol. The third-order valence-corrected chi connectivity index (χ3v) is 2.82. The second-order valence-electron chi connectivity index (χ2n) is 3.53. The standard InChI is InChI=1S/C10H14N2S/c13-10-3-6-12(8-10)7-9-1-4-11-5-2-9/h1-2,4-5,10,13H,3,6-8H2. The van der Waals surface area contributed by atoms with Gasteiger partial charge in [0.1, 0.15) is 0 Å². The van der Waals surface area contributed by atoms with Crippen molar-refractivity contribution in [3.8, 4) is 0 Å². The number of hydrogen-bond donors (Lipinski definition) is 1. The summed E-state index contributed by atoms with van der Waals surface area (Å²) in [6, 6.07) is 4.15. The van der Waals surface area contributed by atoms with Gasteiger partial charge in [0.25, 0.3) is 0 Å². The summed E-state index contributed by atoms with van der Waals surface area (Å²) in [5, 5.41) is 0.571. The van der Waals surface area contributed by atoms with E-state index < -0.39 is 0 Å². The van der Waals surface area contributed by atoms with Crippen molar-refractivity contribution in [2.24, 2.45) is 0 Å². The van der Waals surface area contributed by atoms with E-state index in [1.807, 2.05) is 12.4 Å². The molecule has 2 rings (SSSR count). The minimum Gasteiger partial charge on any atom is -0.298 e. The minimum atomic E-state index is 0.571. The van der Waals surface area contributed by atoms with Crippen LogP contribution < -0.4 is 0 Å². The maximum atomic E-state index is 4.46. The average Bonchev–Trinajstić information content (AvgIpc) is 2.53. The lowest BCUT2D eigenvalue weighted by Gasteiger charge is -2.14. The van der Waals surface area contributed by atoms with Gasteiger partial charge in [0.05, 0.1) is 0 Å². The fraction of sp³-hybridized carbons (Fsp3) is 0.500. The third-order valence-electron chi connectivity index (χ3n) is 2.40. The lowest BCUT2D eigenvalue weighted by molar-refractivity contribution is 0.332. The van der Waals surface area contributed by atoms with E-state index in [0.29, 0.717) is 5.25 Å². The molecule has 0 amide bonds. The zero-order valence-corrected chi connectivity index (χ0v) is 8.45. The first-order valence-corrected chi connectivity index (χ1v) is 5.15. The molecular formula is C10H14N2S. The van der Waals surface area contributed by atoms with Crippen molar-refractivity contribution in [1.29, 1.82) is 0 Å². The van der Waals surface area contributed by atoms with E-state index in [4.69, 9.17) is 0 Å². The summed E-state index contributed by atoms with van der Waals surface area (Å²) in [4.78, 5) is 6.44. The van der Waals surface area contributed by atoms with Gasteiger partial charge >= 0.3 is 0 Å². The number of pyridine rings is 1. The summed E-state index contributed by atoms with van der Waals surface area (Å²) >= 11 is 4.46. The Morgan fingerprint density at radius 1 is 1.46 bits per heavy atom. The Labute approximate surface area is 84.4 Å². The highest BCUT2D eigenvalue weighted by molar-refractivity contribution is 7.81. The molecule has 0 saturated carbocycles. The molecule has 2 nitrogen and oxygen atoms in total. The van der Waals surface area contributed by atoms with Gasteiger partial charge in [-0.2, -0.15) is 12.6 Å². The van der Waals surface area contributed by atoms with Crippen molar-refractivity contribution in [1.82, 2.24) is 9.88 Å². The van der Waals surface area contributed by atoms with Gasteiger partial charge in [0.15, 0.2) is 0 Å². The number of thiol groups is 1. The van der Waals surface area contributed by atoms with Crippen LogP contribution in [0.4, 0.5) is 0 Å². The van der Waals surface area contributed by atoms with E-state index in [-0.39, 0.29) is 0 Å². The van der Waals surface area contributed by atoms with Crippen molar-refractivity contribution in [2.75, 3.05) is 13.1 Å². The molecule has 1 fully saturated rings. The lowest BCUT2D eigenvalue weighted by Crippen LogP contribution is -2.20. The lowest BCUT2D eigenvalue weighted by atomic mass is 10.2. The van der Waals surface area contributed by atoms with Crippen molar-refractivity contribution >= 4 is 12.6 Å². The second-order valence-corrected chi connectivity index (χ2v) is 4.26. The first kappa shape index (κ1) is 9.03. The number of hydrogen-bond acceptors (Lipinski definition) is 3. The summed E-state index contributed by atoms with van der Waals surface area (Å²) in [6.45, 7) is 3.33. The van der Waals surface area contributed by atoms with Crippen LogP contribution in [0, 0.1) is 0 Å². The van der Waals surface area contributed by atoms with Gasteiger partial charge in [-0.25, -0.2) is 0 Å². The van der Waals surface area contributed by atoms with Crippen LogP contribution in [0.15, 0.2) is 24.5 Å². The number of likely N-dealkylation sites (tertiary alicyclic amines) is 1. The summed E-state index contributed by atoms with van der Waals surface area (Å²) in [7, 11) is 0. The number of aromatic nitrogens is 1. The van der Waals surface area contributed by atoms with E-state index in [2.05, 4.69) is 34.6 Å². The molecule has 1 aromatic rings. The molecule has 1 aliphatic rings. The Hall–Kier alpha value is -0.540. The molecule has 0 spiro atoms. The Morgan fingerprint density at radius 2 is 2.23 bits per heavy atom. The maximum absolute atomic E-state index is 4.46. The molecule has 70 valence electrons. The normalized spacial score (nSPS) is 23.6. The van der Waals surface area contributed by atoms with Crippen LogP contribution in [0.1, 0.15) is 12.0 Å². The molecule has 1 unspecified atom stereocenters. The summed E-state index contributed by atoms with van der Waals surface area (Å²) in [5.41, 5.74) is 1.34. The first-order chi connectivity index (χ1) is 6.34. The Bertz CT molecular complexity index is 263. The molecule has 1 aliphatic heterocycles. The fourth-order valence-corrected chi connectivity index (χ4v) is 2.05. The predicted molar refractivity (Wildman–Crippen MR) is 56.9 cm³/mol. The molecule has 0 radical (unpaired) electrons. The molecule has 13 heavy (non-hydrogen) atoms. The molecule has 2 heterocycles. The number of rotatable bonds is 2. The SMILES string of the molecule is SC1CCN(Cc2ccncc2)C1. The van der Waals surface area contributed by atoms with Crippen LogP contribution in [-0.2, 0) is 6.54 Å². The van der Waals surface area contributed by atoms with Gasteiger partial charge in [0, 0.05) is 30.7 Å². The molecule has 0 N–H and O–H groups in total. The summed E-state index contributed by atoms with van der Waals surface area (Å²) in [5.74, 6) is 0. The topological polar surface area (TPSA) is 16.1 Å². The van der Waals surface area contributed by atoms with Crippen molar-refractivity contribution in [2.45, 2.75) is 18.2 Å². The van der Waals surface area contributed by atoms with E-state index in [9.17, 15) is 0 Å². The molecule has 1 aromatic heterocycles. The Kier molecular flexibility index (Phi) is 2.86. The molecular weight excluding hydrogens is 180 g/mol. The van der Waals surface area contributed by atoms with Crippen LogP contribution in [-0.4, -0.2) is 28.2 Å². The Morgan fingerprint density at radius 3 is 2.85 bits per heavy atom. The molecule has 0 bridgehead atoms. The maximum Gasteiger partial charge on any atom is 0.0271 e. The number of nitrogens with zero attached hydrogens (tertiary/aromatic N) is 2. The van der Waals surface area contributed by atoms with E-state index in [1.165, 1.54) is 18.5 Å². The van der Waals surface area contributed by atoms with Gasteiger partial charge in [-0.05, 0) is 30.7 Å². The van der Waals surface area contributed by atoms with Crippen LogP contribution in [0.5, 0.6) is 0 Å². The summed E-state index contributed by atoms with van der Waals surface area (Å²) < 4.78 is 0. The van der Waals surface area contributed by atoms with Crippen molar-refractivity contribution in [3.63, 3.8) is 0 Å². The molecule has 1 saturated heterocycles. The Balaban J connectivity index is 1.92. The van der Waals surface area contributed by atoms with E-state index in [0.717, 1.165) is 13.1 Å². The van der Waals surface area contributed by atoms with Crippen LogP contribution in [0.25, 0.3) is 0 Å². The van der Waals surface area contributed by atoms with Gasteiger partial charge in [-0.3, -0.25) is 9.88 Å². The second kappa shape index (κ2) is 4.11. The molecule has 3 heteroatoms. The largest absolute Gasteiger partial charge is 0.298 e. The van der Waals surface area contributed by atoms with E-state index in [1.54, 1.807) is 0 Å². The smallest absolute Gasteiger partial charge is 0.0271 e. The van der Waals surface area contributed by atoms with Gasteiger partial charge in [-0.15, -0.1) is 0 Å². The van der Waals surface area contributed by atoms with Crippen LogP contribution in [0.3, 0.4) is 0 Å². The predicted octanol–water partition coefficient (Wildman–Crippen LogP) is 1.59. The monoisotopic (exact) mass is 194 g/mol. The van der Waals surface area contributed by atoms with Gasteiger partial charge in [0.2, 0.25) is 0 Å². The van der Waals surface area contributed by atoms with Gasteiger partial charge in [-0.1, -0.05) is 0 Å². The van der Waals surface area contributed by atoms with E-state index >= 15 is 0 Å². The highest BCUT2D eigenvalue weighted by Gasteiger charge is 2.18.